The van der Waals surface area contributed by atoms with Gasteiger partial charge < -0.3 is 15.6 Å². The van der Waals surface area contributed by atoms with Crippen LogP contribution in [0.3, 0.4) is 0 Å². The quantitative estimate of drug-likeness (QED) is 0.565. The van der Waals surface area contributed by atoms with Crippen LogP contribution in [-0.4, -0.2) is 42.2 Å². The lowest BCUT2D eigenvalue weighted by Gasteiger charge is -2.43. The number of nitrogens with one attached hydrogen (secondary N) is 1. The minimum absolute atomic E-state index is 0.437. The van der Waals surface area contributed by atoms with Crippen molar-refractivity contribution in [3.05, 3.63) is 42.2 Å². The lowest BCUT2D eigenvalue weighted by molar-refractivity contribution is 0.172. The molecule has 3 N–H and O–H groups in total. The van der Waals surface area contributed by atoms with Crippen LogP contribution >= 0.6 is 0 Å². The van der Waals surface area contributed by atoms with Crippen molar-refractivity contribution in [3.63, 3.8) is 0 Å². The number of aromatic nitrogens is 6. The summed E-state index contributed by atoms with van der Waals surface area (Å²) in [6, 6.07) is 6.50. The zero-order valence-electron chi connectivity index (χ0n) is 16.3. The standard InChI is InChI=1S/C20H24N8/c1-4-27-12(2)24-16-6-5-15(25-18(16)27)14-7-8-28-17(14)11-23-19(26-28)20(21)9-13(10-20)22-3/h5-8,11,13,22H,4,9-10,21H2,1-3H3. The highest BCUT2D eigenvalue weighted by Gasteiger charge is 2.44. The van der Waals surface area contributed by atoms with Gasteiger partial charge >= 0.3 is 0 Å². The first-order valence-electron chi connectivity index (χ1n) is 9.67. The van der Waals surface area contributed by atoms with Crippen molar-refractivity contribution >= 4 is 16.7 Å². The van der Waals surface area contributed by atoms with Crippen molar-refractivity contribution in [2.45, 2.75) is 44.8 Å². The van der Waals surface area contributed by atoms with E-state index in [9.17, 15) is 0 Å². The van der Waals surface area contributed by atoms with Gasteiger partial charge in [0, 0.05) is 24.3 Å². The molecule has 0 spiro atoms. The third kappa shape index (κ3) is 2.45. The van der Waals surface area contributed by atoms with Crippen LogP contribution in [0.1, 0.15) is 31.4 Å². The van der Waals surface area contributed by atoms with Gasteiger partial charge in [-0.2, -0.15) is 5.10 Å². The maximum atomic E-state index is 6.50. The topological polar surface area (TPSA) is 99.0 Å². The normalized spacial score (nSPS) is 22.1. The average molecular weight is 376 g/mol. The van der Waals surface area contributed by atoms with Crippen LogP contribution in [0.5, 0.6) is 0 Å². The van der Waals surface area contributed by atoms with Gasteiger partial charge in [-0.1, -0.05) is 0 Å². The van der Waals surface area contributed by atoms with Crippen LogP contribution in [0.15, 0.2) is 30.6 Å². The molecule has 0 aliphatic heterocycles. The molecule has 8 nitrogen and oxygen atoms in total. The SMILES string of the molecule is CCn1c(C)nc2ccc(-c3ccn4nc(C5(N)CC(NC)C5)ncc34)nc21. The molecule has 0 saturated heterocycles. The van der Waals surface area contributed by atoms with Gasteiger partial charge in [-0.05, 0) is 51.9 Å². The molecule has 1 aliphatic rings. The van der Waals surface area contributed by atoms with Crippen molar-refractivity contribution in [3.8, 4) is 11.3 Å². The zero-order chi connectivity index (χ0) is 19.5. The average Bonchev–Trinajstić information content (AvgIpc) is 3.23. The largest absolute Gasteiger partial charge is 0.319 e. The number of nitrogens with two attached hydrogens (primary N) is 1. The third-order valence-corrected chi connectivity index (χ3v) is 5.87. The second kappa shape index (κ2) is 6.08. The number of hydrogen-bond acceptors (Lipinski definition) is 6. The molecule has 144 valence electrons. The second-order valence-corrected chi connectivity index (χ2v) is 7.63. The fourth-order valence-corrected chi connectivity index (χ4v) is 4.19. The molecule has 4 aromatic rings. The fourth-order valence-electron chi connectivity index (χ4n) is 4.19. The number of pyridine rings is 1. The van der Waals surface area contributed by atoms with E-state index in [0.717, 1.165) is 53.1 Å². The molecule has 28 heavy (non-hydrogen) atoms. The highest BCUT2D eigenvalue weighted by molar-refractivity contribution is 5.82. The summed E-state index contributed by atoms with van der Waals surface area (Å²) in [5.41, 5.74) is 10.7. The summed E-state index contributed by atoms with van der Waals surface area (Å²) in [5.74, 6) is 1.67. The van der Waals surface area contributed by atoms with E-state index in [2.05, 4.69) is 26.8 Å². The molecule has 0 amide bonds. The molecule has 4 aromatic heterocycles. The summed E-state index contributed by atoms with van der Waals surface area (Å²) < 4.78 is 3.98. The van der Waals surface area contributed by atoms with Crippen LogP contribution in [-0.2, 0) is 12.1 Å². The Hall–Kier alpha value is -2.84. The van der Waals surface area contributed by atoms with E-state index < -0.39 is 5.54 Å². The van der Waals surface area contributed by atoms with E-state index in [1.807, 2.05) is 49.1 Å². The lowest BCUT2D eigenvalue weighted by Crippen LogP contribution is -2.57. The van der Waals surface area contributed by atoms with Gasteiger partial charge in [-0.3, -0.25) is 0 Å². The maximum absolute atomic E-state index is 6.50. The highest BCUT2D eigenvalue weighted by Crippen LogP contribution is 2.37. The lowest BCUT2D eigenvalue weighted by atomic mass is 9.73. The minimum Gasteiger partial charge on any atom is -0.319 e. The van der Waals surface area contributed by atoms with Gasteiger partial charge in [-0.15, -0.1) is 0 Å². The molecular formula is C20H24N8. The van der Waals surface area contributed by atoms with Gasteiger partial charge in [0.05, 0.1) is 22.9 Å². The third-order valence-electron chi connectivity index (χ3n) is 5.87. The van der Waals surface area contributed by atoms with Crippen molar-refractivity contribution in [2.24, 2.45) is 5.73 Å². The Kier molecular flexibility index (Phi) is 3.75. The smallest absolute Gasteiger partial charge is 0.169 e. The van der Waals surface area contributed by atoms with E-state index in [-0.39, 0.29) is 0 Å². The molecule has 0 bridgehead atoms. The molecule has 0 unspecified atom stereocenters. The molecule has 1 aliphatic carbocycles. The maximum Gasteiger partial charge on any atom is 0.169 e. The predicted octanol–water partition coefficient (Wildman–Crippen LogP) is 2.01. The van der Waals surface area contributed by atoms with Crippen LogP contribution in [0.2, 0.25) is 0 Å². The molecular weight excluding hydrogens is 352 g/mol. The Morgan fingerprint density at radius 1 is 1.25 bits per heavy atom. The summed E-state index contributed by atoms with van der Waals surface area (Å²) in [6.45, 7) is 4.96. The molecule has 0 aromatic carbocycles. The Morgan fingerprint density at radius 2 is 2.07 bits per heavy atom. The molecule has 5 rings (SSSR count). The van der Waals surface area contributed by atoms with E-state index in [4.69, 9.17) is 15.8 Å². The zero-order valence-corrected chi connectivity index (χ0v) is 16.3. The Labute approximate surface area is 162 Å². The monoisotopic (exact) mass is 376 g/mol. The first-order chi connectivity index (χ1) is 13.5. The van der Waals surface area contributed by atoms with E-state index >= 15 is 0 Å². The summed E-state index contributed by atoms with van der Waals surface area (Å²) in [4.78, 5) is 14.1. The van der Waals surface area contributed by atoms with E-state index in [1.54, 1.807) is 0 Å². The number of nitrogens with zero attached hydrogens (tertiary/aromatic N) is 6. The first-order valence-corrected chi connectivity index (χ1v) is 9.67. The van der Waals surface area contributed by atoms with Crippen LogP contribution in [0.4, 0.5) is 0 Å². The van der Waals surface area contributed by atoms with Crippen LogP contribution in [0, 0.1) is 6.92 Å². The summed E-state index contributed by atoms with van der Waals surface area (Å²) in [6.07, 6.45) is 5.50. The second-order valence-electron chi connectivity index (χ2n) is 7.63. The summed E-state index contributed by atoms with van der Waals surface area (Å²) in [5, 5.41) is 7.95. The molecule has 4 heterocycles. The minimum atomic E-state index is -0.450. The molecule has 0 atom stereocenters. The summed E-state index contributed by atoms with van der Waals surface area (Å²) in [7, 11) is 1.96. The van der Waals surface area contributed by atoms with Gasteiger partial charge in [0.25, 0.3) is 0 Å². The number of imidazole rings is 1. The fraction of sp³-hybridized carbons (Fsp3) is 0.400. The molecule has 1 fully saturated rings. The van der Waals surface area contributed by atoms with Crippen molar-refractivity contribution in [1.82, 2.24) is 34.4 Å². The van der Waals surface area contributed by atoms with Crippen LogP contribution < -0.4 is 11.1 Å². The number of fused-ring (bicyclic) bond motifs is 2. The van der Waals surface area contributed by atoms with Crippen molar-refractivity contribution in [1.29, 1.82) is 0 Å². The van der Waals surface area contributed by atoms with Gasteiger partial charge in [-0.25, -0.2) is 19.5 Å². The first kappa shape index (κ1) is 17.3. The van der Waals surface area contributed by atoms with Crippen LogP contribution in [0.25, 0.3) is 27.9 Å². The Morgan fingerprint density at radius 3 is 2.82 bits per heavy atom. The molecule has 1 saturated carbocycles. The van der Waals surface area contributed by atoms with E-state index in [0.29, 0.717) is 11.9 Å². The van der Waals surface area contributed by atoms with Crippen molar-refractivity contribution < 1.29 is 0 Å². The molecule has 0 radical (unpaired) electrons. The Bertz CT molecular complexity index is 1180. The number of rotatable bonds is 4. The van der Waals surface area contributed by atoms with E-state index in [1.165, 1.54) is 0 Å². The Balaban J connectivity index is 1.56. The van der Waals surface area contributed by atoms with Gasteiger partial charge in [0.2, 0.25) is 0 Å². The molecule has 8 heteroatoms. The number of aryl methyl sites for hydroxylation is 2. The number of hydrogen-bond donors (Lipinski definition) is 2. The predicted molar refractivity (Wildman–Crippen MR) is 108 cm³/mol. The van der Waals surface area contributed by atoms with Gasteiger partial charge in [0.15, 0.2) is 11.5 Å². The highest BCUT2D eigenvalue weighted by atomic mass is 15.3. The summed E-state index contributed by atoms with van der Waals surface area (Å²) >= 11 is 0. The van der Waals surface area contributed by atoms with Gasteiger partial charge in [0.1, 0.15) is 11.3 Å². The van der Waals surface area contributed by atoms with Crippen molar-refractivity contribution in [2.75, 3.05) is 7.05 Å².